The Bertz CT molecular complexity index is 248. The van der Waals surface area contributed by atoms with E-state index in [1.807, 2.05) is 0 Å². The number of rotatable bonds is 3. The van der Waals surface area contributed by atoms with Crippen molar-refractivity contribution < 1.29 is 0 Å². The Balaban J connectivity index is 2.00. The van der Waals surface area contributed by atoms with Crippen LogP contribution in [0.1, 0.15) is 46.0 Å². The van der Waals surface area contributed by atoms with Gasteiger partial charge >= 0.3 is 0 Å². The highest BCUT2D eigenvalue weighted by molar-refractivity contribution is 4.95. The van der Waals surface area contributed by atoms with Crippen LogP contribution in [0.15, 0.2) is 0 Å². The third kappa shape index (κ3) is 3.06. The molecule has 18 heavy (non-hydrogen) atoms. The molecular formula is C15H31N3. The van der Waals surface area contributed by atoms with Gasteiger partial charge < -0.3 is 10.6 Å². The van der Waals surface area contributed by atoms with Crippen molar-refractivity contribution in [3.8, 4) is 0 Å². The van der Waals surface area contributed by atoms with E-state index in [-0.39, 0.29) is 0 Å². The molecule has 0 radical (unpaired) electrons. The number of nitrogens with zero attached hydrogens (tertiary/aromatic N) is 2. The van der Waals surface area contributed by atoms with Crippen LogP contribution >= 0.6 is 0 Å². The molecule has 2 rings (SSSR count). The van der Waals surface area contributed by atoms with E-state index in [4.69, 9.17) is 5.73 Å². The minimum Gasteiger partial charge on any atom is -0.329 e. The summed E-state index contributed by atoms with van der Waals surface area (Å²) < 4.78 is 0. The molecule has 1 unspecified atom stereocenters. The zero-order valence-electron chi connectivity index (χ0n) is 12.3. The van der Waals surface area contributed by atoms with Gasteiger partial charge in [-0.1, -0.05) is 13.8 Å². The Labute approximate surface area is 113 Å². The van der Waals surface area contributed by atoms with Crippen LogP contribution < -0.4 is 5.73 Å². The summed E-state index contributed by atoms with van der Waals surface area (Å²) in [6.45, 7) is 11.7. The first-order valence-corrected chi connectivity index (χ1v) is 7.87. The topological polar surface area (TPSA) is 32.5 Å². The van der Waals surface area contributed by atoms with Crippen molar-refractivity contribution in [2.24, 2.45) is 11.7 Å². The summed E-state index contributed by atoms with van der Waals surface area (Å²) in [4.78, 5) is 5.32. The highest BCUT2D eigenvalue weighted by Gasteiger charge is 2.37. The predicted octanol–water partition coefficient (Wildman–Crippen LogP) is 1.92. The Hall–Kier alpha value is -0.120. The molecule has 2 aliphatic rings. The van der Waals surface area contributed by atoms with E-state index in [1.165, 1.54) is 64.8 Å². The van der Waals surface area contributed by atoms with E-state index < -0.39 is 0 Å². The normalized spacial score (nSPS) is 33.5. The van der Waals surface area contributed by atoms with Gasteiger partial charge in [-0.05, 0) is 70.7 Å². The van der Waals surface area contributed by atoms with E-state index >= 15 is 0 Å². The second-order valence-electron chi connectivity index (χ2n) is 6.39. The maximum absolute atomic E-state index is 6.20. The summed E-state index contributed by atoms with van der Waals surface area (Å²) in [5.74, 6) is 0.911. The van der Waals surface area contributed by atoms with Gasteiger partial charge in [0.05, 0.1) is 0 Å². The fraction of sp³-hybridized carbons (Fsp3) is 1.00. The lowest BCUT2D eigenvalue weighted by atomic mass is 9.85. The zero-order chi connectivity index (χ0) is 13.0. The van der Waals surface area contributed by atoms with Gasteiger partial charge in [0.25, 0.3) is 0 Å². The molecule has 0 saturated carbocycles. The molecule has 106 valence electrons. The summed E-state index contributed by atoms with van der Waals surface area (Å²) in [6, 6.07) is 0. The number of likely N-dealkylation sites (tertiary alicyclic amines) is 2. The smallest absolute Gasteiger partial charge is 0.0344 e. The van der Waals surface area contributed by atoms with Crippen LogP contribution in [-0.4, -0.2) is 54.6 Å². The second-order valence-corrected chi connectivity index (χ2v) is 6.39. The van der Waals surface area contributed by atoms with Crippen LogP contribution in [-0.2, 0) is 0 Å². The first-order chi connectivity index (χ1) is 8.70. The molecule has 3 heteroatoms. The van der Waals surface area contributed by atoms with E-state index in [1.54, 1.807) is 0 Å². The number of hydrogen-bond acceptors (Lipinski definition) is 3. The fourth-order valence-electron chi connectivity index (χ4n) is 3.68. The molecule has 0 aromatic heterocycles. The molecule has 0 aromatic carbocycles. The van der Waals surface area contributed by atoms with E-state index in [2.05, 4.69) is 23.6 Å². The Morgan fingerprint density at radius 2 is 1.83 bits per heavy atom. The molecule has 0 spiro atoms. The van der Waals surface area contributed by atoms with E-state index in [9.17, 15) is 0 Å². The molecule has 0 aliphatic carbocycles. The van der Waals surface area contributed by atoms with Crippen molar-refractivity contribution in [3.05, 3.63) is 0 Å². The molecule has 0 bridgehead atoms. The molecule has 0 amide bonds. The quantitative estimate of drug-likeness (QED) is 0.834. The molecule has 2 heterocycles. The molecular weight excluding hydrogens is 222 g/mol. The zero-order valence-corrected chi connectivity index (χ0v) is 12.3. The van der Waals surface area contributed by atoms with Crippen LogP contribution in [0, 0.1) is 5.92 Å². The number of hydrogen-bond donors (Lipinski definition) is 1. The molecule has 2 saturated heterocycles. The molecule has 2 aliphatic heterocycles. The third-order valence-corrected chi connectivity index (χ3v) is 5.29. The van der Waals surface area contributed by atoms with Gasteiger partial charge in [-0.15, -0.1) is 0 Å². The fourth-order valence-corrected chi connectivity index (χ4v) is 3.68. The summed E-state index contributed by atoms with van der Waals surface area (Å²) in [5, 5.41) is 0. The van der Waals surface area contributed by atoms with Gasteiger partial charge in [-0.25, -0.2) is 0 Å². The highest BCUT2D eigenvalue weighted by Crippen LogP contribution is 2.31. The summed E-state index contributed by atoms with van der Waals surface area (Å²) in [6.07, 6.45) is 6.61. The average molecular weight is 253 g/mol. The largest absolute Gasteiger partial charge is 0.329 e. The standard InChI is InChI=1S/C15H31N3/c1-3-17-9-4-7-15(13-16,8-12-17)18-10-5-14(2)6-11-18/h14H,3-13,16H2,1-2H3. The summed E-state index contributed by atoms with van der Waals surface area (Å²) >= 11 is 0. The van der Waals surface area contributed by atoms with E-state index in [0.29, 0.717) is 5.54 Å². The molecule has 3 nitrogen and oxygen atoms in total. The van der Waals surface area contributed by atoms with Gasteiger partial charge in [-0.3, -0.25) is 4.90 Å². The molecule has 1 atom stereocenters. The summed E-state index contributed by atoms with van der Waals surface area (Å²) in [5.41, 5.74) is 6.51. The van der Waals surface area contributed by atoms with Crippen molar-refractivity contribution in [1.82, 2.24) is 9.80 Å². The van der Waals surface area contributed by atoms with Gasteiger partial charge in [0.15, 0.2) is 0 Å². The Morgan fingerprint density at radius 3 is 2.44 bits per heavy atom. The van der Waals surface area contributed by atoms with Crippen molar-refractivity contribution in [3.63, 3.8) is 0 Å². The van der Waals surface area contributed by atoms with Gasteiger partial charge in [0.2, 0.25) is 0 Å². The molecule has 2 N–H and O–H groups in total. The van der Waals surface area contributed by atoms with Gasteiger partial charge in [0.1, 0.15) is 0 Å². The third-order valence-electron chi connectivity index (χ3n) is 5.29. The maximum atomic E-state index is 6.20. The summed E-state index contributed by atoms with van der Waals surface area (Å²) in [7, 11) is 0. The van der Waals surface area contributed by atoms with Crippen molar-refractivity contribution >= 4 is 0 Å². The molecule has 2 fully saturated rings. The monoisotopic (exact) mass is 253 g/mol. The highest BCUT2D eigenvalue weighted by atomic mass is 15.2. The number of nitrogens with two attached hydrogens (primary N) is 1. The lowest BCUT2D eigenvalue weighted by Crippen LogP contribution is -2.56. The first kappa shape index (κ1) is 14.3. The van der Waals surface area contributed by atoms with E-state index in [0.717, 1.165) is 12.5 Å². The van der Waals surface area contributed by atoms with Crippen LogP contribution in [0.2, 0.25) is 0 Å². The molecule has 0 aromatic rings. The predicted molar refractivity (Wildman–Crippen MR) is 77.7 cm³/mol. The second kappa shape index (κ2) is 6.36. The maximum Gasteiger partial charge on any atom is 0.0344 e. The Kier molecular flexibility index (Phi) is 5.05. The lowest BCUT2D eigenvalue weighted by molar-refractivity contribution is 0.0458. The minimum atomic E-state index is 0.310. The van der Waals surface area contributed by atoms with Crippen LogP contribution in [0.4, 0.5) is 0 Å². The Morgan fingerprint density at radius 1 is 1.11 bits per heavy atom. The average Bonchev–Trinajstić information content (AvgIpc) is 2.62. The van der Waals surface area contributed by atoms with Crippen molar-refractivity contribution in [2.75, 3.05) is 39.3 Å². The minimum absolute atomic E-state index is 0.310. The van der Waals surface area contributed by atoms with Crippen LogP contribution in [0.5, 0.6) is 0 Å². The van der Waals surface area contributed by atoms with Crippen LogP contribution in [0.25, 0.3) is 0 Å². The van der Waals surface area contributed by atoms with Crippen molar-refractivity contribution in [2.45, 2.75) is 51.5 Å². The number of piperidine rings is 1. The van der Waals surface area contributed by atoms with Crippen LogP contribution in [0.3, 0.4) is 0 Å². The lowest BCUT2D eigenvalue weighted by Gasteiger charge is -2.46. The van der Waals surface area contributed by atoms with Crippen molar-refractivity contribution in [1.29, 1.82) is 0 Å². The SMILES string of the molecule is CCN1CCCC(CN)(N2CCC(C)CC2)CC1. The van der Waals surface area contributed by atoms with Gasteiger partial charge in [0, 0.05) is 12.1 Å². The van der Waals surface area contributed by atoms with Gasteiger partial charge in [-0.2, -0.15) is 0 Å². The first-order valence-electron chi connectivity index (χ1n) is 7.87.